The van der Waals surface area contributed by atoms with Gasteiger partial charge in [0, 0.05) is 19.0 Å². The second-order valence-electron chi connectivity index (χ2n) is 6.89. The second-order valence-corrected chi connectivity index (χ2v) is 6.89. The Morgan fingerprint density at radius 2 is 1.89 bits per heavy atom. The van der Waals surface area contributed by atoms with Crippen molar-refractivity contribution in [3.63, 3.8) is 0 Å². The first kappa shape index (κ1) is 17.6. The average molecular weight is 373 g/mol. The lowest BCUT2D eigenvalue weighted by atomic mass is 9.96. The number of nitrogens with zero attached hydrogens (tertiary/aromatic N) is 4. The molecule has 0 aliphatic carbocycles. The molecule has 2 amide bonds. The van der Waals surface area contributed by atoms with Gasteiger partial charge < -0.3 is 15.4 Å². The van der Waals surface area contributed by atoms with Crippen LogP contribution in [0.4, 0.5) is 4.39 Å². The highest BCUT2D eigenvalue weighted by molar-refractivity contribution is 5.93. The van der Waals surface area contributed by atoms with Crippen molar-refractivity contribution >= 4 is 11.8 Å². The summed E-state index contributed by atoms with van der Waals surface area (Å²) in [5.41, 5.74) is 7.10. The topological polar surface area (TPSA) is 103 Å². The van der Waals surface area contributed by atoms with Gasteiger partial charge in [0.2, 0.25) is 5.91 Å². The van der Waals surface area contributed by atoms with E-state index in [4.69, 9.17) is 10.5 Å². The number of ether oxygens (including phenoxy) is 1. The van der Waals surface area contributed by atoms with Crippen LogP contribution in [-0.4, -0.2) is 44.8 Å². The van der Waals surface area contributed by atoms with E-state index in [1.165, 1.54) is 12.1 Å². The van der Waals surface area contributed by atoms with E-state index in [-0.39, 0.29) is 42.0 Å². The van der Waals surface area contributed by atoms with Crippen LogP contribution in [0.2, 0.25) is 0 Å². The van der Waals surface area contributed by atoms with Crippen molar-refractivity contribution in [2.45, 2.75) is 32.1 Å². The van der Waals surface area contributed by atoms with Gasteiger partial charge in [-0.25, -0.2) is 9.07 Å². The number of benzene rings is 1. The van der Waals surface area contributed by atoms with E-state index in [0.717, 1.165) is 5.56 Å². The Kier molecular flexibility index (Phi) is 4.61. The molecule has 0 saturated carbocycles. The van der Waals surface area contributed by atoms with Gasteiger partial charge in [-0.1, -0.05) is 17.3 Å². The lowest BCUT2D eigenvalue weighted by molar-refractivity contribution is -0.123. The van der Waals surface area contributed by atoms with Crippen LogP contribution >= 0.6 is 0 Å². The van der Waals surface area contributed by atoms with E-state index in [1.54, 1.807) is 21.7 Å². The van der Waals surface area contributed by atoms with Crippen LogP contribution in [0.5, 0.6) is 0 Å². The molecule has 142 valence electrons. The number of hydrogen-bond donors (Lipinski definition) is 1. The number of primary amides is 1. The first-order chi connectivity index (χ1) is 13.0. The number of carbonyl (C=O) groups is 2. The van der Waals surface area contributed by atoms with E-state index in [2.05, 4.69) is 10.3 Å². The third-order valence-electron chi connectivity index (χ3n) is 5.23. The summed E-state index contributed by atoms with van der Waals surface area (Å²) in [6, 6.07) is 6.13. The third kappa shape index (κ3) is 3.42. The van der Waals surface area contributed by atoms with Gasteiger partial charge in [0.1, 0.15) is 11.9 Å². The van der Waals surface area contributed by atoms with Crippen molar-refractivity contribution in [3.8, 4) is 0 Å². The van der Waals surface area contributed by atoms with Gasteiger partial charge in [0.15, 0.2) is 5.69 Å². The molecule has 1 fully saturated rings. The summed E-state index contributed by atoms with van der Waals surface area (Å²) in [5, 5.41) is 8.16. The first-order valence-electron chi connectivity index (χ1n) is 8.91. The second kappa shape index (κ2) is 7.07. The number of rotatable bonds is 3. The third-order valence-corrected chi connectivity index (χ3v) is 5.23. The summed E-state index contributed by atoms with van der Waals surface area (Å²) in [4.78, 5) is 25.7. The van der Waals surface area contributed by atoms with Crippen LogP contribution in [0.25, 0.3) is 0 Å². The number of carbonyl (C=O) groups excluding carboxylic acids is 2. The Balaban J connectivity index is 1.46. The molecule has 0 radical (unpaired) electrons. The molecular formula is C18H20FN5O3. The summed E-state index contributed by atoms with van der Waals surface area (Å²) in [7, 11) is 0. The normalized spacial score (nSPS) is 20.3. The van der Waals surface area contributed by atoms with E-state index in [9.17, 15) is 14.0 Å². The highest BCUT2D eigenvalue weighted by Crippen LogP contribution is 2.28. The Morgan fingerprint density at radius 3 is 2.56 bits per heavy atom. The molecule has 0 spiro atoms. The Bertz CT molecular complexity index is 858. The fraction of sp³-hybridized carbons (Fsp3) is 0.444. The minimum absolute atomic E-state index is 0.178. The van der Waals surface area contributed by atoms with Crippen molar-refractivity contribution in [2.24, 2.45) is 11.7 Å². The molecule has 3 heterocycles. The fourth-order valence-corrected chi connectivity index (χ4v) is 3.57. The summed E-state index contributed by atoms with van der Waals surface area (Å²) >= 11 is 0. The summed E-state index contributed by atoms with van der Waals surface area (Å²) in [5.74, 6) is -1.00. The number of fused-ring (bicyclic) bond motifs is 1. The van der Waals surface area contributed by atoms with Crippen molar-refractivity contribution < 1.29 is 18.7 Å². The molecule has 9 heteroatoms. The predicted octanol–water partition coefficient (Wildman–Crippen LogP) is 1.03. The monoisotopic (exact) mass is 373 g/mol. The highest BCUT2D eigenvalue weighted by atomic mass is 19.1. The molecule has 1 aromatic carbocycles. The zero-order valence-corrected chi connectivity index (χ0v) is 14.7. The lowest BCUT2D eigenvalue weighted by Gasteiger charge is -2.30. The van der Waals surface area contributed by atoms with Crippen molar-refractivity contribution in [3.05, 3.63) is 47.0 Å². The lowest BCUT2D eigenvalue weighted by Crippen LogP contribution is -2.42. The van der Waals surface area contributed by atoms with Gasteiger partial charge in [-0.3, -0.25) is 9.59 Å². The van der Waals surface area contributed by atoms with Gasteiger partial charge in [-0.15, -0.1) is 5.10 Å². The minimum Gasteiger partial charge on any atom is -0.369 e. The van der Waals surface area contributed by atoms with Gasteiger partial charge in [0.05, 0.1) is 18.8 Å². The van der Waals surface area contributed by atoms with E-state index in [0.29, 0.717) is 38.2 Å². The number of halogens is 1. The maximum atomic E-state index is 13.1. The molecule has 2 aliphatic rings. The number of nitrogens with two attached hydrogens (primary N) is 1. The molecule has 8 nitrogen and oxygen atoms in total. The number of aromatic nitrogens is 3. The standard InChI is InChI=1S/C18H20FN5O3/c19-13-3-1-11(2-4-13)15-9-24-14(10-27-15)16(21-22-24)18(26)23-7-5-12(6-8-23)17(20)25/h1-4,12,15H,5-10H2,(H2,20,25). The molecule has 1 unspecified atom stereocenters. The largest absolute Gasteiger partial charge is 0.369 e. The van der Waals surface area contributed by atoms with Crippen LogP contribution in [-0.2, 0) is 22.7 Å². The highest BCUT2D eigenvalue weighted by Gasteiger charge is 2.32. The van der Waals surface area contributed by atoms with Gasteiger partial charge in [-0.2, -0.15) is 0 Å². The fourth-order valence-electron chi connectivity index (χ4n) is 3.57. The van der Waals surface area contributed by atoms with Crippen LogP contribution in [0.3, 0.4) is 0 Å². The molecule has 2 aliphatic heterocycles. The smallest absolute Gasteiger partial charge is 0.276 e. The zero-order valence-electron chi connectivity index (χ0n) is 14.7. The predicted molar refractivity (Wildman–Crippen MR) is 91.8 cm³/mol. The Labute approximate surface area is 155 Å². The number of hydrogen-bond acceptors (Lipinski definition) is 5. The number of likely N-dealkylation sites (tertiary alicyclic amines) is 1. The Hall–Kier alpha value is -2.81. The molecule has 2 N–H and O–H groups in total. The SMILES string of the molecule is NC(=O)C1CCN(C(=O)c2nnn3c2COC(c2ccc(F)cc2)C3)CC1. The Morgan fingerprint density at radius 1 is 1.19 bits per heavy atom. The molecule has 0 bridgehead atoms. The van der Waals surface area contributed by atoms with E-state index in [1.807, 2.05) is 0 Å². The van der Waals surface area contributed by atoms with Crippen LogP contribution in [0.15, 0.2) is 24.3 Å². The molecule has 4 rings (SSSR count). The van der Waals surface area contributed by atoms with Gasteiger partial charge >= 0.3 is 0 Å². The number of piperidine rings is 1. The maximum Gasteiger partial charge on any atom is 0.276 e. The van der Waals surface area contributed by atoms with Crippen molar-refractivity contribution in [1.82, 2.24) is 19.9 Å². The van der Waals surface area contributed by atoms with Gasteiger partial charge in [0.25, 0.3) is 5.91 Å². The van der Waals surface area contributed by atoms with Crippen LogP contribution in [0.1, 0.15) is 40.7 Å². The first-order valence-corrected chi connectivity index (χ1v) is 8.91. The molecule has 1 atom stereocenters. The van der Waals surface area contributed by atoms with Crippen molar-refractivity contribution in [1.29, 1.82) is 0 Å². The zero-order chi connectivity index (χ0) is 19.0. The molecule has 1 saturated heterocycles. The summed E-state index contributed by atoms with van der Waals surface area (Å²) in [6.07, 6.45) is 0.857. The summed E-state index contributed by atoms with van der Waals surface area (Å²) < 4.78 is 20.6. The molecule has 27 heavy (non-hydrogen) atoms. The summed E-state index contributed by atoms with van der Waals surface area (Å²) in [6.45, 7) is 1.55. The van der Waals surface area contributed by atoms with Crippen LogP contribution in [0, 0.1) is 11.7 Å². The minimum atomic E-state index is -0.316. The van der Waals surface area contributed by atoms with E-state index < -0.39 is 0 Å². The molecule has 1 aromatic heterocycles. The van der Waals surface area contributed by atoms with Crippen molar-refractivity contribution in [2.75, 3.05) is 13.1 Å². The maximum absolute atomic E-state index is 13.1. The van der Waals surface area contributed by atoms with Gasteiger partial charge in [-0.05, 0) is 30.5 Å². The average Bonchev–Trinajstić information content (AvgIpc) is 3.11. The molecule has 2 aromatic rings. The van der Waals surface area contributed by atoms with Crippen LogP contribution < -0.4 is 5.73 Å². The quantitative estimate of drug-likeness (QED) is 0.865. The molecular weight excluding hydrogens is 353 g/mol. The van der Waals surface area contributed by atoms with E-state index >= 15 is 0 Å². The number of amides is 2.